The van der Waals surface area contributed by atoms with Gasteiger partial charge in [-0.2, -0.15) is 0 Å². The van der Waals surface area contributed by atoms with Crippen LogP contribution in [0.3, 0.4) is 0 Å². The van der Waals surface area contributed by atoms with Crippen molar-refractivity contribution in [2.45, 2.75) is 52.2 Å². The molecule has 1 saturated heterocycles. The number of aliphatic hydroxyl groups is 1. The topological polar surface area (TPSA) is 119 Å². The number of nitrogens with zero attached hydrogens (tertiary/aromatic N) is 1. The standard InChI is InChI=1S/C29H35NO8/c1-7-11-30(12-8-2)14-17-23-26(34)25(33)22-18-9-10-20(32)28(18,4)13-19(37-16(3)31)24(22)29(23,5)21(15-36-6)38-27(17)35/h7-8,14,18-19,21,34H,1-2,9-13,15H2,3-6H3/b17-14-/t18-,19+,21+,28+,29+/m0/s1. The summed E-state index contributed by atoms with van der Waals surface area (Å²) in [6.07, 6.45) is 3.89. The highest BCUT2D eigenvalue weighted by Gasteiger charge is 2.64. The summed E-state index contributed by atoms with van der Waals surface area (Å²) in [6, 6.07) is 0. The first kappa shape index (κ1) is 27.6. The minimum atomic E-state index is -1.27. The van der Waals surface area contributed by atoms with Gasteiger partial charge in [-0.1, -0.05) is 19.1 Å². The highest BCUT2D eigenvalue weighted by molar-refractivity contribution is 6.14. The van der Waals surface area contributed by atoms with Gasteiger partial charge in [-0.05, 0) is 18.9 Å². The fourth-order valence-corrected chi connectivity index (χ4v) is 6.78. The van der Waals surface area contributed by atoms with Crippen LogP contribution in [-0.2, 0) is 33.4 Å². The Morgan fingerprint density at radius 3 is 2.45 bits per heavy atom. The SMILES string of the molecule is C=CCN(/C=C1\C(=O)O[C@H](COC)[C@]2(C)C1=C(O)C(=O)C1=C2[C@H](OC(C)=O)C[C@@]2(C)C(=O)CC[C@@H]12)CC=C. The number of carbonyl (C=O) groups is 4. The number of fused-ring (bicyclic) bond motifs is 4. The van der Waals surface area contributed by atoms with E-state index in [4.69, 9.17) is 14.2 Å². The van der Waals surface area contributed by atoms with Crippen LogP contribution in [0.4, 0.5) is 0 Å². The van der Waals surface area contributed by atoms with Crippen molar-refractivity contribution in [1.29, 1.82) is 0 Å². The van der Waals surface area contributed by atoms with Crippen LogP contribution < -0.4 is 0 Å². The number of ketones is 2. The molecule has 0 unspecified atom stereocenters. The highest BCUT2D eigenvalue weighted by atomic mass is 16.6. The number of rotatable bonds is 8. The number of methoxy groups -OCH3 is 1. The van der Waals surface area contributed by atoms with Crippen LogP contribution in [0, 0.1) is 16.7 Å². The van der Waals surface area contributed by atoms with Crippen molar-refractivity contribution >= 4 is 23.5 Å². The molecule has 0 radical (unpaired) electrons. The van der Waals surface area contributed by atoms with Gasteiger partial charge in [0.05, 0.1) is 17.6 Å². The summed E-state index contributed by atoms with van der Waals surface area (Å²) < 4.78 is 17.1. The summed E-state index contributed by atoms with van der Waals surface area (Å²) in [7, 11) is 1.46. The molecular formula is C29H35NO8. The second-order valence-corrected chi connectivity index (χ2v) is 10.7. The van der Waals surface area contributed by atoms with Crippen molar-refractivity contribution in [1.82, 2.24) is 4.90 Å². The van der Waals surface area contributed by atoms with E-state index in [-0.39, 0.29) is 42.0 Å². The molecule has 0 amide bonds. The third-order valence-corrected chi connectivity index (χ3v) is 8.46. The van der Waals surface area contributed by atoms with E-state index in [2.05, 4.69) is 13.2 Å². The Kier molecular flexibility index (Phi) is 7.27. The normalized spacial score (nSPS) is 33.4. The molecule has 5 atom stereocenters. The number of allylic oxidation sites excluding steroid dienone is 1. The van der Waals surface area contributed by atoms with Crippen LogP contribution in [0.5, 0.6) is 0 Å². The van der Waals surface area contributed by atoms with Gasteiger partial charge < -0.3 is 24.2 Å². The predicted molar refractivity (Wildman–Crippen MR) is 138 cm³/mol. The second-order valence-electron chi connectivity index (χ2n) is 10.7. The third kappa shape index (κ3) is 4.04. The Morgan fingerprint density at radius 1 is 1.21 bits per heavy atom. The summed E-state index contributed by atoms with van der Waals surface area (Å²) >= 11 is 0. The van der Waals surface area contributed by atoms with Gasteiger partial charge in [0.25, 0.3) is 0 Å². The third-order valence-electron chi connectivity index (χ3n) is 8.46. The molecule has 4 rings (SSSR count). The van der Waals surface area contributed by atoms with Gasteiger partial charge in [-0.15, -0.1) is 13.2 Å². The molecule has 0 aromatic rings. The van der Waals surface area contributed by atoms with Crippen molar-refractivity contribution in [2.75, 3.05) is 26.8 Å². The van der Waals surface area contributed by atoms with E-state index in [9.17, 15) is 24.3 Å². The number of hydrogen-bond donors (Lipinski definition) is 1. The average Bonchev–Trinajstić information content (AvgIpc) is 3.13. The van der Waals surface area contributed by atoms with Crippen molar-refractivity contribution in [3.05, 3.63) is 59.6 Å². The van der Waals surface area contributed by atoms with E-state index >= 15 is 0 Å². The zero-order chi connectivity index (χ0) is 28.0. The number of cyclic esters (lactones) is 1. The molecule has 0 spiro atoms. The van der Waals surface area contributed by atoms with E-state index in [0.29, 0.717) is 25.1 Å². The lowest BCUT2D eigenvalue weighted by molar-refractivity contribution is -0.160. The predicted octanol–water partition coefficient (Wildman–Crippen LogP) is 3.13. The fourth-order valence-electron chi connectivity index (χ4n) is 6.78. The van der Waals surface area contributed by atoms with E-state index in [1.807, 2.05) is 0 Å². The summed E-state index contributed by atoms with van der Waals surface area (Å²) in [4.78, 5) is 54.3. The first-order valence-corrected chi connectivity index (χ1v) is 12.8. The lowest BCUT2D eigenvalue weighted by Gasteiger charge is -2.53. The average molecular weight is 526 g/mol. The molecule has 0 bridgehead atoms. The van der Waals surface area contributed by atoms with Crippen LogP contribution >= 0.6 is 0 Å². The molecule has 1 aliphatic heterocycles. The number of aliphatic hydroxyl groups excluding tert-OH is 1. The summed E-state index contributed by atoms with van der Waals surface area (Å²) in [5.41, 5.74) is -1.35. The number of hydrogen-bond acceptors (Lipinski definition) is 9. The van der Waals surface area contributed by atoms with Crippen molar-refractivity contribution in [3.63, 3.8) is 0 Å². The first-order chi connectivity index (χ1) is 17.9. The molecule has 1 saturated carbocycles. The lowest BCUT2D eigenvalue weighted by atomic mass is 9.53. The molecule has 0 aromatic carbocycles. The van der Waals surface area contributed by atoms with Crippen LogP contribution in [0.1, 0.15) is 40.0 Å². The Hall–Kier alpha value is -3.46. The van der Waals surface area contributed by atoms with Gasteiger partial charge in [-0.25, -0.2) is 4.79 Å². The maximum absolute atomic E-state index is 14.0. The van der Waals surface area contributed by atoms with Crippen molar-refractivity contribution < 1.29 is 38.5 Å². The largest absolute Gasteiger partial charge is 0.504 e. The smallest absolute Gasteiger partial charge is 0.340 e. The quantitative estimate of drug-likeness (QED) is 0.290. The Balaban J connectivity index is 2.02. The van der Waals surface area contributed by atoms with Crippen LogP contribution in [0.25, 0.3) is 0 Å². The Labute approximate surface area is 222 Å². The van der Waals surface area contributed by atoms with Gasteiger partial charge in [0, 0.05) is 68.6 Å². The van der Waals surface area contributed by atoms with Gasteiger partial charge in [0.1, 0.15) is 18.0 Å². The van der Waals surface area contributed by atoms with Gasteiger partial charge in [-0.3, -0.25) is 14.4 Å². The molecule has 9 heteroatoms. The monoisotopic (exact) mass is 525 g/mol. The first-order valence-electron chi connectivity index (χ1n) is 12.8. The van der Waals surface area contributed by atoms with E-state index < -0.39 is 52.4 Å². The molecule has 1 N–H and O–H groups in total. The number of ether oxygens (including phenoxy) is 3. The number of carbonyl (C=O) groups excluding carboxylic acids is 4. The van der Waals surface area contributed by atoms with Gasteiger partial charge in [0.15, 0.2) is 5.76 Å². The highest BCUT2D eigenvalue weighted by Crippen LogP contribution is 2.62. The van der Waals surface area contributed by atoms with Gasteiger partial charge in [0.2, 0.25) is 5.78 Å². The summed E-state index contributed by atoms with van der Waals surface area (Å²) in [5, 5.41) is 11.5. The van der Waals surface area contributed by atoms with Crippen molar-refractivity contribution in [3.8, 4) is 0 Å². The Bertz CT molecular complexity index is 1200. The zero-order valence-electron chi connectivity index (χ0n) is 22.4. The molecule has 204 valence electrons. The zero-order valence-corrected chi connectivity index (χ0v) is 22.4. The number of Topliss-reactive ketones (excluding diaryl/α,β-unsaturated/α-hetero) is 2. The minimum absolute atomic E-state index is 0.00740. The van der Waals surface area contributed by atoms with E-state index in [0.717, 1.165) is 0 Å². The lowest BCUT2D eigenvalue weighted by Crippen LogP contribution is -2.57. The second kappa shape index (κ2) is 10.0. The van der Waals surface area contributed by atoms with Crippen LogP contribution in [0.15, 0.2) is 59.6 Å². The van der Waals surface area contributed by atoms with E-state index in [1.165, 1.54) is 20.2 Å². The molecule has 9 nitrogen and oxygen atoms in total. The van der Waals surface area contributed by atoms with Crippen molar-refractivity contribution in [2.24, 2.45) is 16.7 Å². The molecular weight excluding hydrogens is 490 g/mol. The summed E-state index contributed by atoms with van der Waals surface area (Å²) in [5.74, 6) is -2.99. The molecule has 2 fully saturated rings. The Morgan fingerprint density at radius 2 is 1.87 bits per heavy atom. The summed E-state index contributed by atoms with van der Waals surface area (Å²) in [6.45, 7) is 13.0. The maximum atomic E-state index is 14.0. The van der Waals surface area contributed by atoms with Crippen LogP contribution in [0.2, 0.25) is 0 Å². The molecule has 3 aliphatic carbocycles. The fraction of sp³-hybridized carbons (Fsp3) is 0.517. The molecule has 0 aromatic heterocycles. The van der Waals surface area contributed by atoms with Crippen LogP contribution in [-0.4, -0.2) is 72.5 Å². The molecule has 4 aliphatic rings. The maximum Gasteiger partial charge on any atom is 0.340 e. The minimum Gasteiger partial charge on any atom is -0.504 e. The number of esters is 2. The molecule has 38 heavy (non-hydrogen) atoms. The molecule has 1 heterocycles. The van der Waals surface area contributed by atoms with E-state index in [1.54, 1.807) is 30.9 Å². The van der Waals surface area contributed by atoms with Gasteiger partial charge >= 0.3 is 11.9 Å².